The van der Waals surface area contributed by atoms with Gasteiger partial charge in [-0.3, -0.25) is 25.0 Å². The number of anilines is 1. The second kappa shape index (κ2) is 5.88. The van der Waals surface area contributed by atoms with Gasteiger partial charge in [-0.2, -0.15) is 0 Å². The predicted octanol–water partition coefficient (Wildman–Crippen LogP) is 2.47. The summed E-state index contributed by atoms with van der Waals surface area (Å²) in [6.45, 7) is 1.58. The summed E-state index contributed by atoms with van der Waals surface area (Å²) in [7, 11) is 1.26. The van der Waals surface area contributed by atoms with Crippen molar-refractivity contribution in [3.63, 3.8) is 0 Å². The van der Waals surface area contributed by atoms with Gasteiger partial charge in [-0.15, -0.1) is 0 Å². The van der Waals surface area contributed by atoms with Crippen LogP contribution in [0.5, 0.6) is 0 Å². The van der Waals surface area contributed by atoms with Crippen molar-refractivity contribution in [1.29, 1.82) is 0 Å². The Kier molecular flexibility index (Phi) is 3.95. The highest BCUT2D eigenvalue weighted by Crippen LogP contribution is 2.51. The first-order chi connectivity index (χ1) is 12.2. The number of esters is 1. The zero-order valence-electron chi connectivity index (χ0n) is 13.3. The SMILES string of the molecule is CCOC(=O)c1cc2c3c(c([N+](=O)[O-])c(Cl)c([N+](=O)[O-])c3n1)N(C)C2=O. The van der Waals surface area contributed by atoms with Gasteiger partial charge in [-0.05, 0) is 13.0 Å². The first kappa shape index (κ1) is 17.5. The minimum absolute atomic E-state index is 0.0239. The molecule has 0 atom stereocenters. The summed E-state index contributed by atoms with van der Waals surface area (Å²) in [5, 5.41) is 22.0. The maximum absolute atomic E-state index is 12.5. The van der Waals surface area contributed by atoms with Crippen LogP contribution in [0.4, 0.5) is 17.1 Å². The van der Waals surface area contributed by atoms with Gasteiger partial charge < -0.3 is 9.64 Å². The minimum atomic E-state index is -0.942. The summed E-state index contributed by atoms with van der Waals surface area (Å²) in [5.41, 5.74) is -2.68. The summed E-state index contributed by atoms with van der Waals surface area (Å²) in [5.74, 6) is -1.57. The predicted molar refractivity (Wildman–Crippen MR) is 88.8 cm³/mol. The van der Waals surface area contributed by atoms with Crippen molar-refractivity contribution in [3.8, 4) is 0 Å². The van der Waals surface area contributed by atoms with Gasteiger partial charge in [0.2, 0.25) is 5.02 Å². The number of ether oxygens (including phenoxy) is 1. The lowest BCUT2D eigenvalue weighted by molar-refractivity contribution is -0.392. The number of hydrogen-bond acceptors (Lipinski definition) is 8. The number of benzene rings is 1. The fraction of sp³-hybridized carbons (Fsp3) is 0.214. The molecule has 11 nitrogen and oxygen atoms in total. The van der Waals surface area contributed by atoms with E-state index < -0.39 is 38.1 Å². The molecule has 2 aromatic rings. The van der Waals surface area contributed by atoms with Crippen molar-refractivity contribution in [1.82, 2.24) is 4.98 Å². The van der Waals surface area contributed by atoms with Crippen molar-refractivity contribution >= 4 is 51.4 Å². The monoisotopic (exact) mass is 380 g/mol. The zero-order chi connectivity index (χ0) is 19.3. The van der Waals surface area contributed by atoms with E-state index in [4.69, 9.17) is 16.3 Å². The molecule has 0 N–H and O–H groups in total. The van der Waals surface area contributed by atoms with Crippen LogP contribution < -0.4 is 4.90 Å². The molecule has 0 saturated carbocycles. The third kappa shape index (κ3) is 2.24. The maximum atomic E-state index is 12.5. The number of amides is 1. The molecule has 0 aliphatic carbocycles. The van der Waals surface area contributed by atoms with E-state index in [2.05, 4.69) is 4.98 Å². The molecule has 1 aromatic carbocycles. The summed E-state index contributed by atoms with van der Waals surface area (Å²) in [6.07, 6.45) is 0. The number of carbonyl (C=O) groups is 2. The van der Waals surface area contributed by atoms with Gasteiger partial charge in [-0.1, -0.05) is 11.6 Å². The fourth-order valence-corrected chi connectivity index (χ4v) is 3.13. The highest BCUT2D eigenvalue weighted by Gasteiger charge is 2.42. The number of pyridine rings is 1. The van der Waals surface area contributed by atoms with Gasteiger partial charge in [0.15, 0.2) is 5.52 Å². The van der Waals surface area contributed by atoms with Gasteiger partial charge in [0, 0.05) is 7.05 Å². The highest BCUT2D eigenvalue weighted by atomic mass is 35.5. The van der Waals surface area contributed by atoms with Crippen molar-refractivity contribution in [3.05, 3.63) is 42.6 Å². The Morgan fingerprint density at radius 3 is 2.46 bits per heavy atom. The van der Waals surface area contributed by atoms with E-state index in [1.807, 2.05) is 0 Å². The maximum Gasteiger partial charge on any atom is 0.356 e. The van der Waals surface area contributed by atoms with E-state index in [-0.39, 0.29) is 34.5 Å². The molecule has 12 heteroatoms. The molecule has 26 heavy (non-hydrogen) atoms. The van der Waals surface area contributed by atoms with Crippen molar-refractivity contribution in [2.75, 3.05) is 18.6 Å². The Balaban J connectivity index is 2.54. The largest absolute Gasteiger partial charge is 0.461 e. The quantitative estimate of drug-likeness (QED) is 0.446. The van der Waals surface area contributed by atoms with Crippen molar-refractivity contribution < 1.29 is 24.2 Å². The molecule has 0 saturated heterocycles. The smallest absolute Gasteiger partial charge is 0.356 e. The second-order valence-electron chi connectivity index (χ2n) is 5.24. The molecule has 2 heterocycles. The molecule has 3 rings (SSSR count). The van der Waals surface area contributed by atoms with Crippen LogP contribution >= 0.6 is 11.6 Å². The Morgan fingerprint density at radius 2 is 1.92 bits per heavy atom. The van der Waals surface area contributed by atoms with E-state index in [9.17, 15) is 29.8 Å². The molecule has 1 aromatic heterocycles. The van der Waals surface area contributed by atoms with Crippen LogP contribution in [-0.2, 0) is 4.74 Å². The number of nitro groups is 2. The number of nitro benzene ring substituents is 2. The van der Waals surface area contributed by atoms with E-state index in [0.29, 0.717) is 0 Å². The Bertz CT molecular complexity index is 1040. The van der Waals surface area contributed by atoms with E-state index in [1.54, 1.807) is 6.92 Å². The molecule has 1 aliphatic heterocycles. The molecular weight excluding hydrogens is 372 g/mol. The molecule has 0 bridgehead atoms. The first-order valence-electron chi connectivity index (χ1n) is 7.14. The summed E-state index contributed by atoms with van der Waals surface area (Å²) < 4.78 is 4.81. The summed E-state index contributed by atoms with van der Waals surface area (Å²) in [4.78, 5) is 50.4. The number of halogens is 1. The van der Waals surface area contributed by atoms with Gasteiger partial charge in [0.05, 0.1) is 27.4 Å². The number of aromatic nitrogens is 1. The topological polar surface area (TPSA) is 146 Å². The second-order valence-corrected chi connectivity index (χ2v) is 5.62. The van der Waals surface area contributed by atoms with Gasteiger partial charge >= 0.3 is 17.3 Å². The summed E-state index contributed by atoms with van der Waals surface area (Å²) in [6, 6.07) is 1.09. The lowest BCUT2D eigenvalue weighted by Crippen LogP contribution is -2.21. The van der Waals surface area contributed by atoms with Gasteiger partial charge in [0.25, 0.3) is 5.91 Å². The lowest BCUT2D eigenvalue weighted by atomic mass is 10.1. The number of hydrogen-bond donors (Lipinski definition) is 0. The minimum Gasteiger partial charge on any atom is -0.461 e. The third-order valence-electron chi connectivity index (χ3n) is 3.84. The molecule has 0 spiro atoms. The third-order valence-corrected chi connectivity index (χ3v) is 4.20. The average Bonchev–Trinajstić information content (AvgIpc) is 2.80. The molecule has 0 unspecified atom stereocenters. The number of carbonyl (C=O) groups excluding carboxylic acids is 2. The van der Waals surface area contributed by atoms with Crippen LogP contribution in [-0.4, -0.2) is 40.4 Å². The normalized spacial score (nSPS) is 12.6. The molecule has 1 amide bonds. The van der Waals surface area contributed by atoms with Crippen LogP contribution in [0, 0.1) is 20.2 Å². The fourth-order valence-electron chi connectivity index (χ4n) is 2.81. The van der Waals surface area contributed by atoms with Crippen LogP contribution in [0.3, 0.4) is 0 Å². The van der Waals surface area contributed by atoms with Crippen LogP contribution in [0.15, 0.2) is 6.07 Å². The van der Waals surface area contributed by atoms with E-state index in [1.165, 1.54) is 7.05 Å². The zero-order valence-corrected chi connectivity index (χ0v) is 14.1. The standard InChI is InChI=1S/C14H9ClN4O7/c1-3-26-14(21)6-4-5-7-9(16-6)11(18(22)23)8(15)12(19(24)25)10(7)17(2)13(5)20/h4H,3H2,1-2H3. The number of nitrogens with zero attached hydrogens (tertiary/aromatic N) is 4. The van der Waals surface area contributed by atoms with Crippen LogP contribution in [0.1, 0.15) is 27.8 Å². The van der Waals surface area contributed by atoms with Crippen molar-refractivity contribution in [2.24, 2.45) is 0 Å². The van der Waals surface area contributed by atoms with E-state index in [0.717, 1.165) is 11.0 Å². The van der Waals surface area contributed by atoms with Crippen molar-refractivity contribution in [2.45, 2.75) is 6.92 Å². The highest BCUT2D eigenvalue weighted by molar-refractivity contribution is 6.40. The first-order valence-corrected chi connectivity index (χ1v) is 7.52. The molecule has 1 aliphatic rings. The average molecular weight is 381 g/mol. The molecule has 0 fully saturated rings. The molecule has 134 valence electrons. The Labute approximate surface area is 149 Å². The number of rotatable bonds is 4. The molecule has 0 radical (unpaired) electrons. The van der Waals surface area contributed by atoms with Crippen LogP contribution in [0.2, 0.25) is 5.02 Å². The van der Waals surface area contributed by atoms with Gasteiger partial charge in [0.1, 0.15) is 11.4 Å². The van der Waals surface area contributed by atoms with Crippen LogP contribution in [0.25, 0.3) is 10.9 Å². The summed E-state index contributed by atoms with van der Waals surface area (Å²) >= 11 is 5.91. The Morgan fingerprint density at radius 1 is 1.31 bits per heavy atom. The molecular formula is C14H9ClN4O7. The lowest BCUT2D eigenvalue weighted by Gasteiger charge is -2.11. The van der Waals surface area contributed by atoms with E-state index >= 15 is 0 Å². The van der Waals surface area contributed by atoms with Gasteiger partial charge in [-0.25, -0.2) is 9.78 Å². The Hall–Kier alpha value is -3.34.